The van der Waals surface area contributed by atoms with Crippen LogP contribution in [-0.4, -0.2) is 21.0 Å². The number of anilines is 1. The topological polar surface area (TPSA) is 20.3 Å². The van der Waals surface area contributed by atoms with Crippen molar-refractivity contribution in [1.82, 2.24) is 0 Å². The van der Waals surface area contributed by atoms with Crippen molar-refractivity contribution in [2.75, 3.05) is 4.90 Å². The fourth-order valence-corrected chi connectivity index (χ4v) is 4.19. The van der Waals surface area contributed by atoms with Crippen LogP contribution in [0.4, 0.5) is 5.69 Å². The van der Waals surface area contributed by atoms with Gasteiger partial charge in [0.15, 0.2) is 0 Å². The van der Waals surface area contributed by atoms with Crippen LogP contribution < -0.4 is 4.90 Å². The zero-order chi connectivity index (χ0) is 19.7. The lowest BCUT2D eigenvalue weighted by Crippen LogP contribution is -2.39. The Bertz CT molecular complexity index is 958. The highest BCUT2D eigenvalue weighted by Crippen LogP contribution is 2.34. The van der Waals surface area contributed by atoms with E-state index in [-0.39, 0.29) is 5.91 Å². The van der Waals surface area contributed by atoms with Crippen LogP contribution in [0.5, 0.6) is 0 Å². The van der Waals surface area contributed by atoms with Crippen molar-refractivity contribution in [3.63, 3.8) is 0 Å². The first-order valence-corrected chi connectivity index (χ1v) is 10.1. The number of benzene rings is 1. The number of halogens is 4. The molecule has 0 radical (unpaired) electrons. The normalized spacial score (nSPS) is 19.4. The molecule has 138 valence electrons. The fraction of sp³-hybridized carbons (Fsp3) is 0.105. The van der Waals surface area contributed by atoms with Crippen LogP contribution in [-0.2, 0) is 4.79 Å². The SMILES string of the molecule is O=C(C1=CC=CCC1=S)N(C1=CC(Cl)=CC(Cl)C1=S)c1cc(Cl)cc(Cl)c1. The summed E-state index contributed by atoms with van der Waals surface area (Å²) in [5, 5.41) is 0.512. The standard InChI is InChI=1S/C19H11Cl4NOS2/c20-10-5-11(21)7-13(6-10)24(16-9-12(22)8-15(23)18(16)27)19(25)14-3-1-2-4-17(14)26/h1-3,5-9,15H,4H2. The third-order valence-corrected chi connectivity index (χ3v) is 5.86. The van der Waals surface area contributed by atoms with E-state index in [1.54, 1.807) is 42.5 Å². The Morgan fingerprint density at radius 1 is 1.11 bits per heavy atom. The average Bonchev–Trinajstić information content (AvgIpc) is 2.58. The molecule has 0 aliphatic heterocycles. The van der Waals surface area contributed by atoms with Crippen molar-refractivity contribution in [2.24, 2.45) is 0 Å². The number of alkyl halides is 1. The van der Waals surface area contributed by atoms with E-state index in [1.165, 1.54) is 4.90 Å². The molecule has 1 aromatic carbocycles. The van der Waals surface area contributed by atoms with Crippen molar-refractivity contribution < 1.29 is 4.79 Å². The molecule has 0 N–H and O–H groups in total. The predicted molar refractivity (Wildman–Crippen MR) is 123 cm³/mol. The van der Waals surface area contributed by atoms with Crippen LogP contribution in [0.1, 0.15) is 6.42 Å². The zero-order valence-electron chi connectivity index (χ0n) is 13.6. The third-order valence-electron chi connectivity index (χ3n) is 3.87. The van der Waals surface area contributed by atoms with Gasteiger partial charge in [-0.05, 0) is 36.4 Å². The number of thiocarbonyl (C=S) groups is 2. The minimum Gasteiger partial charge on any atom is -0.276 e. The van der Waals surface area contributed by atoms with Crippen LogP contribution in [0, 0.1) is 0 Å². The highest BCUT2D eigenvalue weighted by atomic mass is 35.5. The molecule has 0 bridgehead atoms. The molecule has 3 rings (SSSR count). The van der Waals surface area contributed by atoms with Gasteiger partial charge in [0, 0.05) is 26.4 Å². The maximum atomic E-state index is 13.4. The van der Waals surface area contributed by atoms with Gasteiger partial charge in [0.2, 0.25) is 0 Å². The molecule has 2 aliphatic carbocycles. The minimum absolute atomic E-state index is 0.355. The highest BCUT2D eigenvalue weighted by Gasteiger charge is 2.31. The van der Waals surface area contributed by atoms with Gasteiger partial charge < -0.3 is 0 Å². The lowest BCUT2D eigenvalue weighted by atomic mass is 10.0. The number of amides is 1. The molecule has 0 saturated carbocycles. The fourth-order valence-electron chi connectivity index (χ4n) is 2.67. The van der Waals surface area contributed by atoms with E-state index in [0.717, 1.165) is 0 Å². The lowest BCUT2D eigenvalue weighted by Gasteiger charge is -2.30. The van der Waals surface area contributed by atoms with E-state index >= 15 is 0 Å². The summed E-state index contributed by atoms with van der Waals surface area (Å²) in [6.45, 7) is 0. The van der Waals surface area contributed by atoms with Crippen LogP contribution in [0.3, 0.4) is 0 Å². The Labute approximate surface area is 187 Å². The van der Waals surface area contributed by atoms with E-state index < -0.39 is 5.38 Å². The van der Waals surface area contributed by atoms with Crippen molar-refractivity contribution in [3.05, 3.63) is 74.9 Å². The third kappa shape index (κ3) is 4.53. The largest absolute Gasteiger partial charge is 0.276 e. The molecule has 8 heteroatoms. The molecule has 0 fully saturated rings. The maximum Gasteiger partial charge on any atom is 0.264 e. The summed E-state index contributed by atoms with van der Waals surface area (Å²) >= 11 is 35.6. The summed E-state index contributed by atoms with van der Waals surface area (Å²) in [7, 11) is 0. The summed E-state index contributed by atoms with van der Waals surface area (Å²) in [6, 6.07) is 4.81. The van der Waals surface area contributed by atoms with Crippen molar-refractivity contribution in [2.45, 2.75) is 11.8 Å². The van der Waals surface area contributed by atoms with E-state index in [0.29, 0.717) is 48.2 Å². The van der Waals surface area contributed by atoms with E-state index in [1.807, 2.05) is 6.08 Å². The average molecular weight is 475 g/mol. The van der Waals surface area contributed by atoms with Crippen molar-refractivity contribution in [3.8, 4) is 0 Å². The Kier molecular flexibility index (Phi) is 6.57. The van der Waals surface area contributed by atoms with Gasteiger partial charge in [-0.1, -0.05) is 71.4 Å². The Morgan fingerprint density at radius 2 is 1.78 bits per heavy atom. The number of carbonyl (C=O) groups excluding carboxylic acids is 1. The van der Waals surface area contributed by atoms with Gasteiger partial charge in [-0.3, -0.25) is 9.69 Å². The van der Waals surface area contributed by atoms with E-state index in [9.17, 15) is 4.79 Å². The van der Waals surface area contributed by atoms with Gasteiger partial charge in [-0.25, -0.2) is 0 Å². The summed E-state index contributed by atoms with van der Waals surface area (Å²) < 4.78 is 0. The first kappa shape index (κ1) is 20.7. The molecule has 1 unspecified atom stereocenters. The molecule has 27 heavy (non-hydrogen) atoms. The number of hydrogen-bond donors (Lipinski definition) is 0. The minimum atomic E-state index is -0.621. The second kappa shape index (κ2) is 8.56. The molecule has 2 nitrogen and oxygen atoms in total. The molecule has 0 saturated heterocycles. The molecule has 0 heterocycles. The second-order valence-electron chi connectivity index (χ2n) is 5.75. The summed E-state index contributed by atoms with van der Waals surface area (Å²) in [6.07, 6.45) is 9.07. The molecular weight excluding hydrogens is 464 g/mol. The van der Waals surface area contributed by atoms with Crippen LogP contribution in [0.25, 0.3) is 0 Å². The van der Waals surface area contributed by atoms with Gasteiger partial charge in [0.05, 0.1) is 27.2 Å². The lowest BCUT2D eigenvalue weighted by molar-refractivity contribution is -0.114. The van der Waals surface area contributed by atoms with E-state index in [4.69, 9.17) is 70.8 Å². The van der Waals surface area contributed by atoms with Gasteiger partial charge in [0.25, 0.3) is 5.91 Å². The number of hydrogen-bond acceptors (Lipinski definition) is 3. The van der Waals surface area contributed by atoms with Crippen LogP contribution >= 0.6 is 70.8 Å². The number of rotatable bonds is 3. The first-order chi connectivity index (χ1) is 12.8. The second-order valence-corrected chi connectivity index (χ2v) is 8.46. The van der Waals surface area contributed by atoms with Crippen LogP contribution in [0.2, 0.25) is 10.0 Å². The Balaban J connectivity index is 2.18. The summed E-state index contributed by atoms with van der Waals surface area (Å²) in [4.78, 5) is 15.7. The van der Waals surface area contributed by atoms with Gasteiger partial charge in [0.1, 0.15) is 0 Å². The Morgan fingerprint density at radius 3 is 2.41 bits per heavy atom. The number of nitrogens with zero attached hydrogens (tertiary/aromatic N) is 1. The molecule has 0 aromatic heterocycles. The predicted octanol–water partition coefficient (Wildman–Crippen LogP) is 6.58. The molecule has 1 aromatic rings. The molecule has 0 spiro atoms. The first-order valence-electron chi connectivity index (χ1n) is 7.76. The smallest absolute Gasteiger partial charge is 0.264 e. The quantitative estimate of drug-likeness (QED) is 0.364. The molecule has 2 aliphatic rings. The Hall–Kier alpha value is -1.01. The highest BCUT2D eigenvalue weighted by molar-refractivity contribution is 7.81. The monoisotopic (exact) mass is 473 g/mol. The summed E-state index contributed by atoms with van der Waals surface area (Å²) in [5.41, 5.74) is 1.22. The number of allylic oxidation sites excluding steroid dienone is 7. The molecule has 1 atom stereocenters. The number of carbonyl (C=O) groups is 1. The maximum absolute atomic E-state index is 13.4. The molecule has 1 amide bonds. The summed E-state index contributed by atoms with van der Waals surface area (Å²) in [5.74, 6) is -0.355. The van der Waals surface area contributed by atoms with E-state index in [2.05, 4.69) is 0 Å². The van der Waals surface area contributed by atoms with Crippen molar-refractivity contribution in [1.29, 1.82) is 0 Å². The van der Waals surface area contributed by atoms with Crippen molar-refractivity contribution >= 4 is 92.2 Å². The van der Waals surface area contributed by atoms with Gasteiger partial charge in [-0.2, -0.15) is 0 Å². The van der Waals surface area contributed by atoms with Gasteiger partial charge in [-0.15, -0.1) is 11.6 Å². The van der Waals surface area contributed by atoms with Crippen LogP contribution in [0.15, 0.2) is 64.9 Å². The zero-order valence-corrected chi connectivity index (χ0v) is 18.2. The van der Waals surface area contributed by atoms with Gasteiger partial charge >= 0.3 is 0 Å². The molecular formula is C19H11Cl4NOS2.